The van der Waals surface area contributed by atoms with E-state index in [9.17, 15) is 4.79 Å². The van der Waals surface area contributed by atoms with Crippen LogP contribution >= 0.6 is 10.1 Å². The maximum absolute atomic E-state index is 11.3. The zero-order valence-corrected chi connectivity index (χ0v) is 19.3. The molecule has 7 heteroatoms. The third kappa shape index (κ3) is 11.6. The van der Waals surface area contributed by atoms with Crippen LogP contribution in [-0.4, -0.2) is 24.1 Å². The molecule has 0 amide bonds. The number of carbonyl (C=O) groups is 1. The van der Waals surface area contributed by atoms with Crippen LogP contribution in [0, 0.1) is 0 Å². The minimum atomic E-state index is 0.00887. The summed E-state index contributed by atoms with van der Waals surface area (Å²) in [6, 6.07) is 11.0. The number of benzene rings is 1. The van der Waals surface area contributed by atoms with E-state index < -0.39 is 0 Å². The van der Waals surface area contributed by atoms with Gasteiger partial charge in [-0.1, -0.05) is 61.2 Å². The third-order valence-corrected chi connectivity index (χ3v) is 3.86. The third-order valence-electron chi connectivity index (χ3n) is 3.86. The van der Waals surface area contributed by atoms with Crippen molar-refractivity contribution in [2.45, 2.75) is 33.7 Å². The Labute approximate surface area is 192 Å². The Morgan fingerprint density at radius 2 is 1.97 bits per heavy atom. The number of nitrogens with zero attached hydrogens (tertiary/aromatic N) is 3. The van der Waals surface area contributed by atoms with E-state index in [2.05, 4.69) is 49.3 Å². The molecular formula is C23H27ClCuN3O2-2. The predicted octanol–water partition coefficient (Wildman–Crippen LogP) is 6.72. The molecule has 0 fully saturated rings. The number of Topliss-reactive ketones (excluding diaryl/α,β-unsaturated/α-hetero) is 1. The topological polar surface area (TPSA) is 75.6 Å². The Morgan fingerprint density at radius 1 is 1.23 bits per heavy atom. The number of methoxy groups -OCH3 is 1. The van der Waals surface area contributed by atoms with E-state index in [1.165, 1.54) is 12.5 Å². The second kappa shape index (κ2) is 17.5. The number of rotatable bonds is 8. The molecule has 1 aromatic carbocycles. The van der Waals surface area contributed by atoms with Crippen molar-refractivity contribution in [3.05, 3.63) is 88.4 Å². The van der Waals surface area contributed by atoms with Crippen LogP contribution in [0.2, 0.25) is 0 Å². The number of ether oxygens (including phenoxy) is 1. The first-order valence-electron chi connectivity index (χ1n) is 9.19. The molecule has 5 nitrogen and oxygen atoms in total. The number of hydrogen-bond acceptors (Lipinski definition) is 3. The molecular weight excluding hydrogens is 449 g/mol. The maximum atomic E-state index is 11.3. The molecule has 0 atom stereocenters. The normalized spacial score (nSPS) is 10.3. The molecule has 0 spiro atoms. The molecule has 1 aromatic heterocycles. The van der Waals surface area contributed by atoms with Crippen molar-refractivity contribution in [2.24, 2.45) is 0 Å². The van der Waals surface area contributed by atoms with Gasteiger partial charge in [0.15, 0.2) is 5.78 Å². The van der Waals surface area contributed by atoms with Crippen molar-refractivity contribution >= 4 is 27.8 Å². The van der Waals surface area contributed by atoms with Gasteiger partial charge in [0.25, 0.3) is 0 Å². The van der Waals surface area contributed by atoms with E-state index in [4.69, 9.17) is 10.1 Å². The van der Waals surface area contributed by atoms with Gasteiger partial charge in [-0.05, 0) is 38.5 Å². The van der Waals surface area contributed by atoms with Gasteiger partial charge in [-0.25, -0.2) is 0 Å². The first kappa shape index (κ1) is 27.6. The molecule has 0 aliphatic heterocycles. The first-order valence-corrected chi connectivity index (χ1v) is 10.5. The first-order chi connectivity index (χ1) is 14.5. The number of pyridine rings is 1. The number of hydrogen-bond donors (Lipinski definition) is 0. The molecule has 0 bridgehead atoms. The molecule has 2 rings (SSSR count). The van der Waals surface area contributed by atoms with E-state index in [0.29, 0.717) is 17.9 Å². The number of ketones is 1. The molecule has 0 saturated heterocycles. The standard InChI is InChI=1S/C15H16N2O2.C8H12N.ClH.Cu/c1-11(18)12-6-7-14(15(9-12)19-2)17-10-13-5-3-4-8-16-13;1-3-8(2)6-4-5-7-9;;/h3-9H,10H2,1-2H3,(H,17,18);4-7H,3H2,1-2H3;1H;/q;-1;;+1/p-2/b;5-4-,8-6+;;. The van der Waals surface area contributed by atoms with Crippen LogP contribution in [0.4, 0.5) is 5.69 Å². The second-order valence-electron chi connectivity index (χ2n) is 5.98. The monoisotopic (exact) mass is 475 g/mol. The van der Waals surface area contributed by atoms with E-state index in [1.54, 1.807) is 37.6 Å². The van der Waals surface area contributed by atoms with Crippen LogP contribution in [-0.2, 0) is 21.6 Å². The van der Waals surface area contributed by atoms with Crippen LogP contribution in [0.5, 0.6) is 5.75 Å². The van der Waals surface area contributed by atoms with Crippen molar-refractivity contribution in [3.8, 4) is 5.75 Å². The van der Waals surface area contributed by atoms with Crippen LogP contribution in [0.15, 0.2) is 66.4 Å². The predicted molar refractivity (Wildman–Crippen MR) is 122 cm³/mol. The average Bonchev–Trinajstić information content (AvgIpc) is 2.80. The van der Waals surface area contributed by atoms with E-state index in [1.807, 2.05) is 30.4 Å². The Balaban J connectivity index is 0.000000648. The number of aromatic nitrogens is 1. The summed E-state index contributed by atoms with van der Waals surface area (Å²) < 4.78 is 5.26. The summed E-state index contributed by atoms with van der Waals surface area (Å²) >= 11 is 3.66. The van der Waals surface area contributed by atoms with Gasteiger partial charge in [0.1, 0.15) is 5.75 Å². The number of halogens is 1. The zero-order valence-electron chi connectivity index (χ0n) is 17.6. The molecule has 166 valence electrons. The van der Waals surface area contributed by atoms with Gasteiger partial charge in [-0.3, -0.25) is 9.78 Å². The van der Waals surface area contributed by atoms with Gasteiger partial charge >= 0.3 is 25.2 Å². The molecule has 0 unspecified atom stereocenters. The Bertz CT molecular complexity index is 824. The molecule has 30 heavy (non-hydrogen) atoms. The number of carbonyl (C=O) groups excluding carboxylic acids is 1. The van der Waals surface area contributed by atoms with E-state index in [-0.39, 0.29) is 5.78 Å². The van der Waals surface area contributed by atoms with Gasteiger partial charge in [0, 0.05) is 17.5 Å². The fraction of sp³-hybridized carbons (Fsp3) is 0.261. The number of allylic oxidation sites excluding steroid dienone is 4. The van der Waals surface area contributed by atoms with Crippen LogP contribution in [0.25, 0.3) is 10.7 Å². The zero-order chi connectivity index (χ0) is 22.8. The van der Waals surface area contributed by atoms with Gasteiger partial charge in [-0.15, -0.1) is 0 Å². The van der Waals surface area contributed by atoms with Crippen molar-refractivity contribution in [1.29, 1.82) is 0 Å². The summed E-state index contributed by atoms with van der Waals surface area (Å²) in [6.45, 7) is 6.17. The summed E-state index contributed by atoms with van der Waals surface area (Å²) in [7, 11) is 5.77. The fourth-order valence-corrected chi connectivity index (χ4v) is 2.07. The summed E-state index contributed by atoms with van der Waals surface area (Å²) in [5.74, 6) is 0.609. The Kier molecular flexibility index (Phi) is 16.1. The fourth-order valence-electron chi connectivity index (χ4n) is 2.07. The summed E-state index contributed by atoms with van der Waals surface area (Å²) in [5.41, 5.74) is 3.54. The summed E-state index contributed by atoms with van der Waals surface area (Å²) in [5, 5.41) is 12.7. The van der Waals surface area contributed by atoms with Crippen molar-refractivity contribution in [2.75, 3.05) is 7.11 Å². The van der Waals surface area contributed by atoms with Crippen LogP contribution in [0.1, 0.15) is 43.2 Å². The quantitative estimate of drug-likeness (QED) is 0.184. The van der Waals surface area contributed by atoms with Crippen molar-refractivity contribution in [1.82, 2.24) is 4.98 Å². The molecule has 1 heterocycles. The Hall–Kier alpha value is -2.40. The minimum absolute atomic E-state index is 0.00887. The van der Waals surface area contributed by atoms with Gasteiger partial charge < -0.3 is 15.5 Å². The van der Waals surface area contributed by atoms with Crippen molar-refractivity contribution < 1.29 is 24.6 Å². The van der Waals surface area contributed by atoms with E-state index in [0.717, 1.165) is 24.0 Å². The Morgan fingerprint density at radius 3 is 2.50 bits per heavy atom. The van der Waals surface area contributed by atoms with Crippen LogP contribution in [0.3, 0.4) is 0 Å². The average molecular weight is 476 g/mol. The molecule has 0 N–H and O–H groups in total. The summed E-state index contributed by atoms with van der Waals surface area (Å²) in [4.78, 5) is 15.5. The van der Waals surface area contributed by atoms with Gasteiger partial charge in [0.05, 0.1) is 7.11 Å². The van der Waals surface area contributed by atoms with Gasteiger partial charge in [0.2, 0.25) is 0 Å². The van der Waals surface area contributed by atoms with E-state index >= 15 is 0 Å². The molecule has 0 aliphatic carbocycles. The molecule has 2 aromatic rings. The van der Waals surface area contributed by atoms with Gasteiger partial charge in [-0.2, -0.15) is 6.21 Å². The van der Waals surface area contributed by atoms with Crippen LogP contribution < -0.4 is 4.74 Å². The molecule has 0 saturated carbocycles. The second-order valence-corrected chi connectivity index (χ2v) is 5.98. The SMILES string of the molecule is CC/C(C)=C/C=C\C=[N-].COc1cc(C(C)=O)ccc1[N-]Cc1ccccn1.[Cl][Cu]. The molecule has 0 aliphatic rings. The summed E-state index contributed by atoms with van der Waals surface area (Å²) in [6.07, 6.45) is 9.22. The van der Waals surface area contributed by atoms with Crippen molar-refractivity contribution in [3.63, 3.8) is 0 Å². The molecule has 0 radical (unpaired) electrons.